The van der Waals surface area contributed by atoms with Crippen LogP contribution in [0.25, 0.3) is 10.9 Å². The van der Waals surface area contributed by atoms with E-state index in [1.54, 1.807) is 26.8 Å². The first-order chi connectivity index (χ1) is 25.3. The molecule has 294 valence electrons. The van der Waals surface area contributed by atoms with E-state index >= 15 is 0 Å². The van der Waals surface area contributed by atoms with Crippen LogP contribution >= 0.6 is 0 Å². The average molecular weight is 761 g/mol. The first-order valence-electron chi connectivity index (χ1n) is 17.2. The van der Waals surface area contributed by atoms with Crippen molar-refractivity contribution in [1.82, 2.24) is 20.9 Å². The lowest BCUT2D eigenvalue weighted by molar-refractivity contribution is -0.907. The molecule has 1 heterocycles. The molecule has 0 bridgehead atoms. The number of nitrogens with two attached hydrogens (primary N) is 2. The number of aromatic nitrogens is 1. The smallest absolute Gasteiger partial charge is 0.416 e. The molecule has 54 heavy (non-hydrogen) atoms. The van der Waals surface area contributed by atoms with Gasteiger partial charge in [0, 0.05) is 18.4 Å². The summed E-state index contributed by atoms with van der Waals surface area (Å²) in [6.07, 6.45) is -4.84. The van der Waals surface area contributed by atoms with Gasteiger partial charge in [-0.25, -0.2) is 14.6 Å². The quantitative estimate of drug-likeness (QED) is 0.0682. The van der Waals surface area contributed by atoms with Crippen LogP contribution in [0.2, 0.25) is 0 Å². The van der Waals surface area contributed by atoms with Crippen molar-refractivity contribution < 1.29 is 46.7 Å². The summed E-state index contributed by atoms with van der Waals surface area (Å²) in [4.78, 5) is 58.8. The van der Waals surface area contributed by atoms with Gasteiger partial charge in [0.1, 0.15) is 11.6 Å². The van der Waals surface area contributed by atoms with E-state index in [2.05, 4.69) is 25.9 Å². The number of pyridine rings is 1. The minimum Gasteiger partial charge on any atom is -0.465 e. The van der Waals surface area contributed by atoms with Crippen molar-refractivity contribution in [2.45, 2.75) is 63.9 Å². The summed E-state index contributed by atoms with van der Waals surface area (Å²) in [5.74, 6) is -1.55. The number of halogens is 3. The van der Waals surface area contributed by atoms with Gasteiger partial charge >= 0.3 is 18.4 Å². The molecule has 1 unspecified atom stereocenters. The number of carboxylic acid groups (broad SMARTS) is 1. The lowest BCUT2D eigenvalue weighted by Gasteiger charge is -2.34. The monoisotopic (exact) mass is 760 g/mol. The highest BCUT2D eigenvalue weighted by molar-refractivity contribution is 6.01. The molecule has 1 aromatic heterocycles. The molecule has 0 radical (unpaired) electrons. The number of hydrogen-bond donors (Lipinski definition) is 7. The summed E-state index contributed by atoms with van der Waals surface area (Å²) in [7, 11) is 1.91. The Morgan fingerprint density at radius 2 is 1.67 bits per heavy atom. The average Bonchev–Trinajstić information content (AvgIpc) is 3.06. The SMILES string of the molecule is CC(C)(C)OC(=O)NC(=NCC[N+](C)(CCN)CCC[C@H](N)C(=O)N[C@@H](Cc1ccc(C(F)(F)F)cc1)C(=O)Nc1cnc2ccccc2c1)NC(=O)O. The Hall–Kier alpha value is -5.33. The Bertz CT molecular complexity index is 1780. The van der Waals surface area contributed by atoms with Crippen LogP contribution in [0.5, 0.6) is 0 Å². The maximum absolute atomic E-state index is 13.5. The van der Waals surface area contributed by atoms with Crippen molar-refractivity contribution in [2.24, 2.45) is 16.5 Å². The number of hydrogen-bond acceptors (Lipinski definition) is 9. The normalized spacial score (nSPS) is 14.4. The number of amides is 4. The Morgan fingerprint density at radius 3 is 2.30 bits per heavy atom. The summed E-state index contributed by atoms with van der Waals surface area (Å²) in [5.41, 5.74) is 11.9. The second-order valence-electron chi connectivity index (χ2n) is 14.0. The van der Waals surface area contributed by atoms with Crippen molar-refractivity contribution in [3.05, 3.63) is 71.9 Å². The second-order valence-corrected chi connectivity index (χ2v) is 14.0. The van der Waals surface area contributed by atoms with E-state index in [0.717, 1.165) is 17.5 Å². The number of alkyl halides is 3. The Kier molecular flexibility index (Phi) is 15.3. The van der Waals surface area contributed by atoms with E-state index in [-0.39, 0.29) is 25.3 Å². The molecule has 0 aliphatic carbocycles. The fourth-order valence-corrected chi connectivity index (χ4v) is 5.41. The molecule has 0 saturated heterocycles. The van der Waals surface area contributed by atoms with Crippen LogP contribution in [0.15, 0.2) is 65.8 Å². The van der Waals surface area contributed by atoms with Crippen LogP contribution < -0.4 is 32.7 Å². The van der Waals surface area contributed by atoms with Crippen LogP contribution in [0.1, 0.15) is 44.7 Å². The Balaban J connectivity index is 1.66. The number of para-hydroxylation sites is 1. The molecule has 15 nitrogen and oxygen atoms in total. The molecular formula is C36H49F3N9O6+. The first kappa shape index (κ1) is 43.1. The molecule has 3 atom stereocenters. The largest absolute Gasteiger partial charge is 0.465 e. The summed E-state index contributed by atoms with van der Waals surface area (Å²) in [6, 6.07) is 11.1. The third-order valence-corrected chi connectivity index (χ3v) is 8.19. The number of carbonyl (C=O) groups excluding carboxylic acids is 3. The van der Waals surface area contributed by atoms with E-state index in [0.29, 0.717) is 53.9 Å². The van der Waals surface area contributed by atoms with Crippen molar-refractivity contribution in [2.75, 3.05) is 45.1 Å². The third-order valence-electron chi connectivity index (χ3n) is 8.19. The highest BCUT2D eigenvalue weighted by Crippen LogP contribution is 2.29. The highest BCUT2D eigenvalue weighted by Gasteiger charge is 2.31. The van der Waals surface area contributed by atoms with Crippen LogP contribution in [0.3, 0.4) is 0 Å². The minimum absolute atomic E-state index is 0.0991. The van der Waals surface area contributed by atoms with Crippen molar-refractivity contribution in [1.29, 1.82) is 0 Å². The number of aliphatic imine (C=N–C) groups is 1. The van der Waals surface area contributed by atoms with Gasteiger partial charge in [0.25, 0.3) is 0 Å². The van der Waals surface area contributed by atoms with Crippen LogP contribution in [-0.2, 0) is 26.9 Å². The summed E-state index contributed by atoms with van der Waals surface area (Å²) >= 11 is 0. The molecule has 0 spiro atoms. The minimum atomic E-state index is -4.54. The highest BCUT2D eigenvalue weighted by atomic mass is 19.4. The number of alkyl carbamates (subject to hydrolysis) is 1. The number of fused-ring (bicyclic) bond motifs is 1. The summed E-state index contributed by atoms with van der Waals surface area (Å²) < 4.78 is 45.0. The Labute approximate surface area is 311 Å². The molecule has 0 fully saturated rings. The molecule has 9 N–H and O–H groups in total. The Morgan fingerprint density at radius 1 is 0.981 bits per heavy atom. The molecule has 0 saturated carbocycles. The third kappa shape index (κ3) is 14.6. The number of anilines is 1. The lowest BCUT2D eigenvalue weighted by Crippen LogP contribution is -2.52. The molecule has 0 aliphatic heterocycles. The first-order valence-corrected chi connectivity index (χ1v) is 17.2. The zero-order valence-corrected chi connectivity index (χ0v) is 30.7. The molecular weight excluding hydrogens is 711 g/mol. The number of nitrogens with zero attached hydrogens (tertiary/aromatic N) is 3. The van der Waals surface area contributed by atoms with Gasteiger partial charge in [-0.15, -0.1) is 0 Å². The fraction of sp³-hybridized carbons (Fsp3) is 0.444. The maximum Gasteiger partial charge on any atom is 0.416 e. The summed E-state index contributed by atoms with van der Waals surface area (Å²) in [6.45, 7) is 6.78. The predicted octanol–water partition coefficient (Wildman–Crippen LogP) is 3.58. The van der Waals surface area contributed by atoms with Gasteiger partial charge in [-0.3, -0.25) is 25.2 Å². The number of rotatable bonds is 15. The van der Waals surface area contributed by atoms with Crippen molar-refractivity contribution in [3.8, 4) is 0 Å². The predicted molar refractivity (Wildman–Crippen MR) is 197 cm³/mol. The van der Waals surface area contributed by atoms with Gasteiger partial charge in [-0.2, -0.15) is 13.2 Å². The topological polar surface area (TPSA) is 223 Å². The lowest BCUT2D eigenvalue weighted by atomic mass is 10.0. The van der Waals surface area contributed by atoms with E-state index < -0.39 is 53.4 Å². The van der Waals surface area contributed by atoms with Crippen LogP contribution in [0, 0.1) is 0 Å². The number of benzene rings is 2. The van der Waals surface area contributed by atoms with Gasteiger partial charge in [-0.05, 0) is 63.4 Å². The van der Waals surface area contributed by atoms with E-state index in [9.17, 15) is 37.5 Å². The molecule has 18 heteroatoms. The standard InChI is InChI=1S/C36H48F3N9O6/c1-35(2,3)54-34(53)47-32(46-33(51)52)42-16-19-48(4,18-15-40)17-7-9-27(41)30(49)45-29(20-23-11-13-25(14-12-23)36(37,38)39)31(50)44-26-21-24-8-5-6-10-28(24)43-22-26/h5-6,8,10-14,21-22,27,29H,7,9,15-20,40-41H2,1-4H3,(H4-,42,44,45,46,47,49,50,51,52,53)/p+1/t27-,29-,48?/m0/s1. The van der Waals surface area contributed by atoms with E-state index in [1.807, 2.05) is 36.6 Å². The van der Waals surface area contributed by atoms with Crippen LogP contribution in [-0.4, -0.2) is 102 Å². The number of likely N-dealkylation sites (N-methyl/N-ethyl adjacent to an activating group) is 1. The number of quaternary nitrogens is 1. The number of ether oxygens (including phenoxy) is 1. The second kappa shape index (κ2) is 19.1. The van der Waals surface area contributed by atoms with E-state index in [1.165, 1.54) is 18.3 Å². The molecule has 4 amide bonds. The molecule has 2 aromatic carbocycles. The van der Waals surface area contributed by atoms with Gasteiger partial charge in [0.05, 0.1) is 62.2 Å². The van der Waals surface area contributed by atoms with Gasteiger partial charge in [0.15, 0.2) is 0 Å². The van der Waals surface area contributed by atoms with Gasteiger partial charge in [-0.1, -0.05) is 30.3 Å². The molecule has 3 aromatic rings. The maximum atomic E-state index is 13.5. The molecule has 3 rings (SSSR count). The van der Waals surface area contributed by atoms with Gasteiger partial charge < -0.3 is 36.4 Å². The van der Waals surface area contributed by atoms with E-state index in [4.69, 9.17) is 16.2 Å². The van der Waals surface area contributed by atoms with Crippen molar-refractivity contribution in [3.63, 3.8) is 0 Å². The molecule has 0 aliphatic rings. The fourth-order valence-electron chi connectivity index (χ4n) is 5.41. The number of carbonyl (C=O) groups is 4. The zero-order valence-electron chi connectivity index (χ0n) is 30.7. The van der Waals surface area contributed by atoms with Crippen LogP contribution in [0.4, 0.5) is 28.4 Å². The van der Waals surface area contributed by atoms with Gasteiger partial charge in [0.2, 0.25) is 17.8 Å². The number of guanidine groups is 1. The zero-order chi connectivity index (χ0) is 40.1. The number of nitrogens with one attached hydrogen (secondary N) is 4. The summed E-state index contributed by atoms with van der Waals surface area (Å²) in [5, 5.41) is 19.7. The van der Waals surface area contributed by atoms with Crippen molar-refractivity contribution >= 4 is 46.6 Å².